The second-order valence-corrected chi connectivity index (χ2v) is 4.15. The maximum Gasteiger partial charge on any atom is 0.304 e. The van der Waals surface area contributed by atoms with Crippen LogP contribution in [0.5, 0.6) is 0 Å². The van der Waals surface area contributed by atoms with Gasteiger partial charge in [-0.05, 0) is 18.8 Å². The Labute approximate surface area is 83.8 Å². The minimum absolute atomic E-state index is 0.261. The molecule has 0 amide bonds. The normalized spacial score (nSPS) is 26.0. The molecule has 0 bridgehead atoms. The number of carbonyl (C=O) groups is 1. The van der Waals surface area contributed by atoms with Crippen molar-refractivity contribution in [1.29, 1.82) is 0 Å². The quantitative estimate of drug-likeness (QED) is 0.719. The lowest BCUT2D eigenvalue weighted by atomic mass is 10.1. The third-order valence-electron chi connectivity index (χ3n) is 3.06. The van der Waals surface area contributed by atoms with E-state index in [1.54, 1.807) is 0 Å². The Morgan fingerprint density at radius 3 is 2.57 bits per heavy atom. The van der Waals surface area contributed by atoms with E-state index < -0.39 is 5.97 Å². The fourth-order valence-electron chi connectivity index (χ4n) is 2.16. The molecule has 2 rings (SSSR count). The highest BCUT2D eigenvalue weighted by atomic mass is 16.5. The lowest BCUT2D eigenvalue weighted by Crippen LogP contribution is -2.45. The maximum atomic E-state index is 10.7. The first-order valence-electron chi connectivity index (χ1n) is 5.31. The number of morpholine rings is 1. The number of nitrogens with zero attached hydrogens (tertiary/aromatic N) is 1. The fraction of sp³-hybridized carbons (Fsp3) is 0.900. The molecular formula is C10H17NO3. The Hall–Kier alpha value is -0.610. The van der Waals surface area contributed by atoms with Crippen LogP contribution in [0.2, 0.25) is 0 Å². The number of carboxylic acids is 1. The van der Waals surface area contributed by atoms with Crippen molar-refractivity contribution in [2.75, 3.05) is 26.3 Å². The highest BCUT2D eigenvalue weighted by Gasteiger charge is 2.36. The van der Waals surface area contributed by atoms with Crippen LogP contribution >= 0.6 is 0 Å². The van der Waals surface area contributed by atoms with Gasteiger partial charge in [-0.1, -0.05) is 0 Å². The zero-order chi connectivity index (χ0) is 9.97. The zero-order valence-corrected chi connectivity index (χ0v) is 8.32. The van der Waals surface area contributed by atoms with Crippen molar-refractivity contribution >= 4 is 5.97 Å². The standard InChI is InChI=1S/C10H17NO3/c12-10(13)7-9(8-1-2-8)11-3-5-14-6-4-11/h8-9H,1-7H2,(H,12,13). The molecule has 1 heterocycles. The molecule has 2 fully saturated rings. The van der Waals surface area contributed by atoms with Crippen molar-refractivity contribution in [1.82, 2.24) is 4.90 Å². The largest absolute Gasteiger partial charge is 0.481 e. The monoisotopic (exact) mass is 199 g/mol. The van der Waals surface area contributed by atoms with Gasteiger partial charge >= 0.3 is 5.97 Å². The Morgan fingerprint density at radius 1 is 1.43 bits per heavy atom. The van der Waals surface area contributed by atoms with Crippen molar-refractivity contribution in [2.45, 2.75) is 25.3 Å². The molecule has 0 radical (unpaired) electrons. The summed E-state index contributed by atoms with van der Waals surface area (Å²) in [5.74, 6) is -0.0439. The Bertz CT molecular complexity index is 209. The molecule has 0 aromatic carbocycles. The Morgan fingerprint density at radius 2 is 2.07 bits per heavy atom. The molecule has 14 heavy (non-hydrogen) atoms. The van der Waals surface area contributed by atoms with Gasteiger partial charge in [0.25, 0.3) is 0 Å². The lowest BCUT2D eigenvalue weighted by molar-refractivity contribution is -0.139. The van der Waals surface area contributed by atoms with E-state index in [9.17, 15) is 4.79 Å². The van der Waals surface area contributed by atoms with Crippen LogP contribution in [-0.2, 0) is 9.53 Å². The smallest absolute Gasteiger partial charge is 0.304 e. The van der Waals surface area contributed by atoms with E-state index in [-0.39, 0.29) is 6.04 Å². The molecule has 0 aromatic rings. The summed E-state index contributed by atoms with van der Waals surface area (Å²) in [5.41, 5.74) is 0. The van der Waals surface area contributed by atoms with Crippen LogP contribution in [0.15, 0.2) is 0 Å². The van der Waals surface area contributed by atoms with Gasteiger partial charge in [-0.15, -0.1) is 0 Å². The average molecular weight is 199 g/mol. The fourth-order valence-corrected chi connectivity index (χ4v) is 2.16. The molecule has 1 atom stereocenters. The Kier molecular flexibility index (Phi) is 3.03. The van der Waals surface area contributed by atoms with Crippen LogP contribution in [0.4, 0.5) is 0 Å². The highest BCUT2D eigenvalue weighted by Crippen LogP contribution is 2.37. The number of hydrogen-bond donors (Lipinski definition) is 1. The number of aliphatic carboxylic acids is 1. The second kappa shape index (κ2) is 4.28. The summed E-state index contributed by atoms with van der Waals surface area (Å²) in [6.07, 6.45) is 2.70. The van der Waals surface area contributed by atoms with Crippen LogP contribution in [0, 0.1) is 5.92 Å². The molecule has 4 heteroatoms. The van der Waals surface area contributed by atoms with Gasteiger partial charge in [-0.25, -0.2) is 0 Å². The van der Waals surface area contributed by atoms with Crippen LogP contribution in [0.25, 0.3) is 0 Å². The maximum absolute atomic E-state index is 10.7. The summed E-state index contributed by atoms with van der Waals surface area (Å²) in [6.45, 7) is 3.30. The second-order valence-electron chi connectivity index (χ2n) is 4.15. The third kappa shape index (κ3) is 2.45. The first kappa shape index (κ1) is 9.93. The third-order valence-corrected chi connectivity index (χ3v) is 3.06. The van der Waals surface area contributed by atoms with Gasteiger partial charge in [0.05, 0.1) is 19.6 Å². The van der Waals surface area contributed by atoms with Gasteiger partial charge in [0, 0.05) is 19.1 Å². The number of carboxylic acid groups (broad SMARTS) is 1. The molecule has 1 aliphatic carbocycles. The van der Waals surface area contributed by atoms with E-state index in [0.29, 0.717) is 12.3 Å². The van der Waals surface area contributed by atoms with Crippen molar-refractivity contribution in [3.63, 3.8) is 0 Å². The van der Waals surface area contributed by atoms with Crippen molar-refractivity contribution in [3.05, 3.63) is 0 Å². The average Bonchev–Trinajstić information content (AvgIpc) is 2.99. The minimum Gasteiger partial charge on any atom is -0.481 e. The molecule has 0 aromatic heterocycles. The van der Waals surface area contributed by atoms with Gasteiger partial charge in [-0.2, -0.15) is 0 Å². The van der Waals surface area contributed by atoms with Crippen LogP contribution in [0.3, 0.4) is 0 Å². The predicted octanol–water partition coefficient (Wildman–Crippen LogP) is 0.572. The number of hydrogen-bond acceptors (Lipinski definition) is 3. The van der Waals surface area contributed by atoms with Crippen molar-refractivity contribution in [3.8, 4) is 0 Å². The first-order chi connectivity index (χ1) is 6.77. The first-order valence-corrected chi connectivity index (χ1v) is 5.31. The van der Waals surface area contributed by atoms with Gasteiger partial charge in [-0.3, -0.25) is 9.69 Å². The molecule has 1 N–H and O–H groups in total. The predicted molar refractivity (Wildman–Crippen MR) is 51.2 cm³/mol. The van der Waals surface area contributed by atoms with Gasteiger partial charge in [0.1, 0.15) is 0 Å². The van der Waals surface area contributed by atoms with Crippen LogP contribution < -0.4 is 0 Å². The van der Waals surface area contributed by atoms with Crippen molar-refractivity contribution in [2.24, 2.45) is 5.92 Å². The van der Waals surface area contributed by atoms with Gasteiger partial charge < -0.3 is 9.84 Å². The number of ether oxygens (including phenoxy) is 1. The van der Waals surface area contributed by atoms with Crippen molar-refractivity contribution < 1.29 is 14.6 Å². The molecule has 1 saturated carbocycles. The molecule has 1 aliphatic heterocycles. The SMILES string of the molecule is O=C(O)CC(C1CC1)N1CCOCC1. The molecule has 1 saturated heterocycles. The van der Waals surface area contributed by atoms with Gasteiger partial charge in [0.2, 0.25) is 0 Å². The van der Waals surface area contributed by atoms with E-state index in [1.807, 2.05) is 0 Å². The molecular weight excluding hydrogens is 182 g/mol. The van der Waals surface area contributed by atoms with E-state index in [2.05, 4.69) is 4.90 Å². The molecule has 80 valence electrons. The van der Waals surface area contributed by atoms with Crippen LogP contribution in [-0.4, -0.2) is 48.3 Å². The van der Waals surface area contributed by atoms with E-state index in [1.165, 1.54) is 12.8 Å². The van der Waals surface area contributed by atoms with Gasteiger partial charge in [0.15, 0.2) is 0 Å². The van der Waals surface area contributed by atoms with E-state index >= 15 is 0 Å². The number of rotatable bonds is 4. The van der Waals surface area contributed by atoms with E-state index in [4.69, 9.17) is 9.84 Å². The minimum atomic E-state index is -0.673. The highest BCUT2D eigenvalue weighted by molar-refractivity contribution is 5.67. The molecule has 4 nitrogen and oxygen atoms in total. The topological polar surface area (TPSA) is 49.8 Å². The summed E-state index contributed by atoms with van der Waals surface area (Å²) in [6, 6.07) is 0.261. The van der Waals surface area contributed by atoms with E-state index in [0.717, 1.165) is 26.3 Å². The summed E-state index contributed by atoms with van der Waals surface area (Å²) in [4.78, 5) is 13.0. The molecule has 0 spiro atoms. The molecule has 1 unspecified atom stereocenters. The summed E-state index contributed by atoms with van der Waals surface area (Å²) in [7, 11) is 0. The molecule has 2 aliphatic rings. The summed E-state index contributed by atoms with van der Waals surface area (Å²) < 4.78 is 5.27. The zero-order valence-electron chi connectivity index (χ0n) is 8.32. The summed E-state index contributed by atoms with van der Waals surface area (Å²) >= 11 is 0. The summed E-state index contributed by atoms with van der Waals surface area (Å²) in [5, 5.41) is 8.83. The Balaban J connectivity index is 1.90. The van der Waals surface area contributed by atoms with Crippen LogP contribution in [0.1, 0.15) is 19.3 Å². The lowest BCUT2D eigenvalue weighted by Gasteiger charge is -2.33.